The molecule has 5 heteroatoms. The van der Waals surface area contributed by atoms with Gasteiger partial charge in [0.2, 0.25) is 5.88 Å². The van der Waals surface area contributed by atoms with Crippen LogP contribution in [0.3, 0.4) is 0 Å². The molecule has 0 aliphatic carbocycles. The zero-order chi connectivity index (χ0) is 13.2. The van der Waals surface area contributed by atoms with Crippen molar-refractivity contribution in [3.63, 3.8) is 0 Å². The molecule has 2 unspecified atom stereocenters. The Morgan fingerprint density at radius 3 is 2.83 bits per heavy atom. The summed E-state index contributed by atoms with van der Waals surface area (Å²) in [5.74, 6) is 0.389. The largest absolute Gasteiger partial charge is 0.480 e. The number of hydrogen-bond acceptors (Lipinski definition) is 5. The van der Waals surface area contributed by atoms with Crippen molar-refractivity contribution in [3.8, 4) is 5.88 Å². The molecule has 1 aromatic heterocycles. The highest BCUT2D eigenvalue weighted by Gasteiger charge is 2.45. The summed E-state index contributed by atoms with van der Waals surface area (Å²) in [5.41, 5.74) is -0.839. The number of aromatic nitrogens is 2. The van der Waals surface area contributed by atoms with Crippen LogP contribution in [0.15, 0.2) is 12.4 Å². The Morgan fingerprint density at radius 2 is 2.17 bits per heavy atom. The summed E-state index contributed by atoms with van der Waals surface area (Å²) in [7, 11) is 1.54. The van der Waals surface area contributed by atoms with Crippen LogP contribution in [0.4, 0.5) is 0 Å². The second-order valence-electron chi connectivity index (χ2n) is 5.02. The van der Waals surface area contributed by atoms with E-state index in [1.165, 1.54) is 7.11 Å². The van der Waals surface area contributed by atoms with Crippen LogP contribution >= 0.6 is 0 Å². The molecule has 0 aromatic carbocycles. The predicted molar refractivity (Wildman–Crippen MR) is 66.4 cm³/mol. The molecule has 2 heterocycles. The van der Waals surface area contributed by atoms with Crippen LogP contribution in [-0.2, 0) is 10.3 Å². The maximum atomic E-state index is 10.9. The minimum absolute atomic E-state index is 0.324. The molecule has 1 aromatic rings. The van der Waals surface area contributed by atoms with Gasteiger partial charge in [-0.15, -0.1) is 0 Å². The molecule has 18 heavy (non-hydrogen) atoms. The first kappa shape index (κ1) is 13.2. The third kappa shape index (κ3) is 2.33. The summed E-state index contributed by atoms with van der Waals surface area (Å²) < 4.78 is 10.9. The molecular formula is C13H20N2O3. The summed E-state index contributed by atoms with van der Waals surface area (Å²) in [6, 6.07) is 0. The van der Waals surface area contributed by atoms with E-state index < -0.39 is 5.60 Å². The lowest BCUT2D eigenvalue weighted by molar-refractivity contribution is -0.159. The van der Waals surface area contributed by atoms with Crippen molar-refractivity contribution >= 4 is 0 Å². The standard InChI is InChI=1S/C13H20N2O3/c1-4-12(2)9-13(16,5-8-18-12)10-11(17-3)15-7-6-14-10/h6-7,16H,4-5,8-9H2,1-3H3. The predicted octanol–water partition coefficient (Wildman–Crippen LogP) is 1.65. The first-order chi connectivity index (χ1) is 8.53. The average molecular weight is 252 g/mol. The third-order valence-corrected chi connectivity index (χ3v) is 3.68. The average Bonchev–Trinajstić information content (AvgIpc) is 2.38. The van der Waals surface area contributed by atoms with Gasteiger partial charge in [0.1, 0.15) is 11.3 Å². The van der Waals surface area contributed by atoms with Gasteiger partial charge >= 0.3 is 0 Å². The molecule has 0 bridgehead atoms. The monoisotopic (exact) mass is 252 g/mol. The maximum Gasteiger partial charge on any atom is 0.238 e. The molecule has 0 radical (unpaired) electrons. The number of rotatable bonds is 3. The fourth-order valence-electron chi connectivity index (χ4n) is 2.45. The van der Waals surface area contributed by atoms with E-state index in [-0.39, 0.29) is 5.60 Å². The lowest BCUT2D eigenvalue weighted by Gasteiger charge is -2.42. The normalized spacial score (nSPS) is 32.2. The van der Waals surface area contributed by atoms with Crippen molar-refractivity contribution in [2.75, 3.05) is 13.7 Å². The molecule has 100 valence electrons. The number of ether oxygens (including phenoxy) is 2. The fourth-order valence-corrected chi connectivity index (χ4v) is 2.45. The highest BCUT2D eigenvalue weighted by Crippen LogP contribution is 2.42. The van der Waals surface area contributed by atoms with Crippen LogP contribution in [-0.4, -0.2) is 34.4 Å². The van der Waals surface area contributed by atoms with Crippen molar-refractivity contribution in [1.82, 2.24) is 9.97 Å². The van der Waals surface area contributed by atoms with E-state index in [1.54, 1.807) is 12.4 Å². The van der Waals surface area contributed by atoms with E-state index in [2.05, 4.69) is 16.9 Å². The van der Waals surface area contributed by atoms with E-state index in [4.69, 9.17) is 9.47 Å². The first-order valence-electron chi connectivity index (χ1n) is 6.25. The number of aliphatic hydroxyl groups is 1. The molecular weight excluding hydrogens is 232 g/mol. The molecule has 5 nitrogen and oxygen atoms in total. The Morgan fingerprint density at radius 1 is 1.44 bits per heavy atom. The number of methoxy groups -OCH3 is 1. The van der Waals surface area contributed by atoms with Crippen LogP contribution in [0.2, 0.25) is 0 Å². The first-order valence-corrected chi connectivity index (χ1v) is 6.25. The summed E-state index contributed by atoms with van der Waals surface area (Å²) in [6.07, 6.45) is 5.00. The molecule has 1 fully saturated rings. The second-order valence-corrected chi connectivity index (χ2v) is 5.02. The van der Waals surface area contributed by atoms with Crippen molar-refractivity contribution < 1.29 is 14.6 Å². The van der Waals surface area contributed by atoms with Gasteiger partial charge in [0.15, 0.2) is 0 Å². The van der Waals surface area contributed by atoms with E-state index in [0.717, 1.165) is 6.42 Å². The van der Waals surface area contributed by atoms with Crippen LogP contribution in [0, 0.1) is 0 Å². The van der Waals surface area contributed by atoms with Gasteiger partial charge in [-0.1, -0.05) is 6.92 Å². The summed E-state index contributed by atoms with van der Waals surface area (Å²) in [5, 5.41) is 10.9. The number of nitrogens with zero attached hydrogens (tertiary/aromatic N) is 2. The van der Waals surface area contributed by atoms with Crippen LogP contribution in [0.5, 0.6) is 5.88 Å². The van der Waals surface area contributed by atoms with Gasteiger partial charge in [-0.2, -0.15) is 0 Å². The van der Waals surface area contributed by atoms with Crippen LogP contribution < -0.4 is 4.74 Å². The Hall–Kier alpha value is -1.20. The highest BCUT2D eigenvalue weighted by molar-refractivity contribution is 5.25. The quantitative estimate of drug-likeness (QED) is 0.886. The van der Waals surface area contributed by atoms with Crippen molar-refractivity contribution in [3.05, 3.63) is 18.1 Å². The topological polar surface area (TPSA) is 64.5 Å². The highest BCUT2D eigenvalue weighted by atomic mass is 16.5. The summed E-state index contributed by atoms with van der Waals surface area (Å²) in [4.78, 5) is 8.36. The smallest absolute Gasteiger partial charge is 0.238 e. The Balaban J connectivity index is 2.35. The second kappa shape index (κ2) is 4.82. The number of hydrogen-bond donors (Lipinski definition) is 1. The molecule has 1 aliphatic rings. The minimum atomic E-state index is -1.03. The Labute approximate surface area is 107 Å². The minimum Gasteiger partial charge on any atom is -0.480 e. The van der Waals surface area contributed by atoms with Crippen molar-refractivity contribution in [2.45, 2.75) is 44.3 Å². The molecule has 2 atom stereocenters. The fraction of sp³-hybridized carbons (Fsp3) is 0.692. The van der Waals surface area contributed by atoms with Crippen molar-refractivity contribution in [1.29, 1.82) is 0 Å². The third-order valence-electron chi connectivity index (χ3n) is 3.68. The molecule has 0 spiro atoms. The lowest BCUT2D eigenvalue weighted by atomic mass is 9.80. The molecule has 0 saturated carbocycles. The van der Waals surface area contributed by atoms with E-state index >= 15 is 0 Å². The maximum absolute atomic E-state index is 10.9. The molecule has 1 N–H and O–H groups in total. The van der Waals surface area contributed by atoms with E-state index in [1.807, 2.05) is 6.92 Å². The van der Waals surface area contributed by atoms with Gasteiger partial charge in [0.05, 0.1) is 19.3 Å². The van der Waals surface area contributed by atoms with Gasteiger partial charge in [0.25, 0.3) is 0 Å². The summed E-state index contributed by atoms with van der Waals surface area (Å²) in [6.45, 7) is 4.58. The van der Waals surface area contributed by atoms with E-state index in [9.17, 15) is 5.11 Å². The van der Waals surface area contributed by atoms with Gasteiger partial charge < -0.3 is 14.6 Å². The SMILES string of the molecule is CCC1(C)CC(O)(c2nccnc2OC)CCO1. The van der Waals surface area contributed by atoms with E-state index in [0.29, 0.717) is 31.0 Å². The summed E-state index contributed by atoms with van der Waals surface area (Å²) >= 11 is 0. The Bertz CT molecular complexity index is 426. The molecule has 2 rings (SSSR count). The van der Waals surface area contributed by atoms with Gasteiger partial charge in [-0.25, -0.2) is 4.98 Å². The van der Waals surface area contributed by atoms with Crippen LogP contribution in [0.1, 0.15) is 38.8 Å². The van der Waals surface area contributed by atoms with Gasteiger partial charge in [-0.3, -0.25) is 4.98 Å². The zero-order valence-corrected chi connectivity index (χ0v) is 11.1. The Kier molecular flexibility index (Phi) is 3.54. The van der Waals surface area contributed by atoms with Crippen LogP contribution in [0.25, 0.3) is 0 Å². The van der Waals surface area contributed by atoms with Gasteiger partial charge in [0, 0.05) is 25.2 Å². The van der Waals surface area contributed by atoms with Gasteiger partial charge in [-0.05, 0) is 13.3 Å². The van der Waals surface area contributed by atoms with Crippen molar-refractivity contribution in [2.24, 2.45) is 0 Å². The zero-order valence-electron chi connectivity index (χ0n) is 11.1. The molecule has 1 saturated heterocycles. The molecule has 0 amide bonds. The molecule has 1 aliphatic heterocycles. The lowest BCUT2D eigenvalue weighted by Crippen LogP contribution is -2.46.